The molecule has 4 rings (SSSR count). The van der Waals surface area contributed by atoms with E-state index < -0.39 is 23.7 Å². The number of halogens is 4. The van der Waals surface area contributed by atoms with Gasteiger partial charge in [-0.05, 0) is 24.3 Å². The van der Waals surface area contributed by atoms with Crippen LogP contribution in [0.5, 0.6) is 0 Å². The summed E-state index contributed by atoms with van der Waals surface area (Å²) in [6, 6.07) is 9.55. The Kier molecular flexibility index (Phi) is 4.69. The van der Waals surface area contributed by atoms with Gasteiger partial charge in [0.1, 0.15) is 5.82 Å². The predicted molar refractivity (Wildman–Crippen MR) is 98.4 cm³/mol. The number of ether oxygens (including phenoxy) is 1. The van der Waals surface area contributed by atoms with Crippen LogP contribution in [0, 0.1) is 5.82 Å². The number of methoxy groups -OCH3 is 1. The molecule has 2 aromatic heterocycles. The summed E-state index contributed by atoms with van der Waals surface area (Å²) in [5.41, 5.74) is -0.527. The van der Waals surface area contributed by atoms with Crippen molar-refractivity contribution < 1.29 is 27.1 Å². The average molecular weight is 416 g/mol. The van der Waals surface area contributed by atoms with Gasteiger partial charge in [0, 0.05) is 28.9 Å². The monoisotopic (exact) mass is 416 g/mol. The van der Waals surface area contributed by atoms with E-state index in [2.05, 4.69) is 19.8 Å². The van der Waals surface area contributed by atoms with Crippen LogP contribution < -0.4 is 0 Å². The van der Waals surface area contributed by atoms with Crippen molar-refractivity contribution >= 4 is 16.9 Å². The molecule has 0 saturated carbocycles. The van der Waals surface area contributed by atoms with Gasteiger partial charge in [-0.15, -0.1) is 0 Å². The Morgan fingerprint density at radius 2 is 1.77 bits per heavy atom. The molecule has 152 valence electrons. The Hall–Kier alpha value is -3.82. The fraction of sp³-hybridized carbons (Fsp3) is 0.100. The molecule has 0 radical (unpaired) electrons. The predicted octanol–water partition coefficient (Wildman–Crippen LogP) is 4.43. The van der Waals surface area contributed by atoms with Gasteiger partial charge >= 0.3 is 12.1 Å². The highest BCUT2D eigenvalue weighted by molar-refractivity contribution is 5.95. The third kappa shape index (κ3) is 3.36. The van der Waals surface area contributed by atoms with Crippen LogP contribution in [-0.4, -0.2) is 32.8 Å². The molecule has 0 aliphatic heterocycles. The molecule has 0 aliphatic carbocycles. The van der Waals surface area contributed by atoms with Crippen molar-refractivity contribution in [1.82, 2.24) is 19.7 Å². The fourth-order valence-corrected chi connectivity index (χ4v) is 2.99. The van der Waals surface area contributed by atoms with Crippen LogP contribution in [0.15, 0.2) is 54.9 Å². The van der Waals surface area contributed by atoms with Gasteiger partial charge in [0.2, 0.25) is 0 Å². The van der Waals surface area contributed by atoms with E-state index in [1.165, 1.54) is 42.7 Å². The van der Waals surface area contributed by atoms with Crippen molar-refractivity contribution in [1.29, 1.82) is 0 Å². The van der Waals surface area contributed by atoms with Gasteiger partial charge in [-0.3, -0.25) is 0 Å². The summed E-state index contributed by atoms with van der Waals surface area (Å²) < 4.78 is 59.8. The summed E-state index contributed by atoms with van der Waals surface area (Å²) in [5, 5.41) is 3.39. The lowest BCUT2D eigenvalue weighted by molar-refractivity contribution is -0.140. The lowest BCUT2D eigenvalue weighted by Gasteiger charge is -2.05. The van der Waals surface area contributed by atoms with Crippen molar-refractivity contribution in [3.63, 3.8) is 0 Å². The summed E-state index contributed by atoms with van der Waals surface area (Å²) in [6.45, 7) is 0. The molecule has 0 bridgehead atoms. The molecule has 0 aliphatic rings. The van der Waals surface area contributed by atoms with Crippen molar-refractivity contribution in [2.75, 3.05) is 7.11 Å². The van der Waals surface area contributed by atoms with Crippen molar-refractivity contribution in [2.24, 2.45) is 0 Å². The number of hydrogen-bond donors (Lipinski definition) is 0. The van der Waals surface area contributed by atoms with Crippen LogP contribution in [0.25, 0.3) is 28.0 Å². The molecule has 2 heterocycles. The number of hydrogen-bond acceptors (Lipinski definition) is 5. The number of fused-ring (bicyclic) bond motifs is 1. The number of nitrogens with zero attached hydrogens (tertiary/aromatic N) is 4. The molecular weight excluding hydrogens is 404 g/mol. The number of aromatic nitrogens is 4. The molecule has 2 aromatic carbocycles. The zero-order valence-corrected chi connectivity index (χ0v) is 15.3. The second-order valence-electron chi connectivity index (χ2n) is 6.23. The topological polar surface area (TPSA) is 69.9 Å². The molecule has 6 nitrogen and oxygen atoms in total. The van der Waals surface area contributed by atoms with E-state index in [1.54, 1.807) is 6.07 Å². The second kappa shape index (κ2) is 7.21. The zero-order valence-electron chi connectivity index (χ0n) is 15.3. The normalized spacial score (nSPS) is 11.6. The third-order valence-electron chi connectivity index (χ3n) is 4.38. The van der Waals surface area contributed by atoms with E-state index in [-0.39, 0.29) is 28.0 Å². The Bertz CT molecular complexity index is 1250. The molecule has 0 N–H and O–H groups in total. The largest absolute Gasteiger partial charge is 0.465 e. The lowest BCUT2D eigenvalue weighted by atomic mass is 10.1. The van der Waals surface area contributed by atoms with E-state index in [4.69, 9.17) is 0 Å². The van der Waals surface area contributed by atoms with E-state index in [1.807, 2.05) is 0 Å². The number of rotatable bonds is 3. The average Bonchev–Trinajstić information content (AvgIpc) is 3.13. The molecule has 30 heavy (non-hydrogen) atoms. The Labute approximate surface area is 166 Å². The standard InChI is InChI=1S/C20H12F4N4O2/c1-30-18(29)11-6-7-14-16(8-11)28(27-17(14)20(22,23)24)19-25-9-12(10-26-19)13-4-2-3-5-15(13)21/h2-10H,1H3. The minimum absolute atomic E-state index is 0.0242. The van der Waals surface area contributed by atoms with Crippen molar-refractivity contribution in [2.45, 2.75) is 6.18 Å². The lowest BCUT2D eigenvalue weighted by Crippen LogP contribution is -2.09. The molecule has 0 atom stereocenters. The minimum atomic E-state index is -4.73. The molecule has 0 fully saturated rings. The summed E-state index contributed by atoms with van der Waals surface area (Å²) in [4.78, 5) is 19.9. The Morgan fingerprint density at radius 3 is 2.40 bits per heavy atom. The number of alkyl halides is 3. The van der Waals surface area contributed by atoms with Gasteiger partial charge < -0.3 is 4.74 Å². The van der Waals surface area contributed by atoms with Crippen LogP contribution in [0.4, 0.5) is 17.6 Å². The molecule has 0 spiro atoms. The summed E-state index contributed by atoms with van der Waals surface area (Å²) >= 11 is 0. The molecule has 0 amide bonds. The highest BCUT2D eigenvalue weighted by Gasteiger charge is 2.37. The smallest absolute Gasteiger partial charge is 0.435 e. The molecule has 10 heteroatoms. The van der Waals surface area contributed by atoms with Crippen LogP contribution in [0.3, 0.4) is 0 Å². The van der Waals surface area contributed by atoms with Gasteiger partial charge in [0.15, 0.2) is 5.69 Å². The number of carbonyl (C=O) groups is 1. The Balaban J connectivity index is 1.87. The number of esters is 1. The maximum absolute atomic E-state index is 14.0. The van der Waals surface area contributed by atoms with Gasteiger partial charge in [-0.1, -0.05) is 18.2 Å². The SMILES string of the molecule is COC(=O)c1ccc2c(C(F)(F)F)nn(-c3ncc(-c4ccccc4F)cn3)c2c1. The summed E-state index contributed by atoms with van der Waals surface area (Å²) in [7, 11) is 1.16. The van der Waals surface area contributed by atoms with Gasteiger partial charge in [0.05, 0.1) is 18.2 Å². The highest BCUT2D eigenvalue weighted by atomic mass is 19.4. The third-order valence-corrected chi connectivity index (χ3v) is 4.38. The molecule has 0 unspecified atom stereocenters. The van der Waals surface area contributed by atoms with Crippen LogP contribution >= 0.6 is 0 Å². The first-order valence-electron chi connectivity index (χ1n) is 8.55. The highest BCUT2D eigenvalue weighted by Crippen LogP contribution is 2.35. The maximum Gasteiger partial charge on any atom is 0.435 e. The number of benzene rings is 2. The van der Waals surface area contributed by atoms with E-state index in [0.29, 0.717) is 5.56 Å². The number of carbonyl (C=O) groups excluding carboxylic acids is 1. The van der Waals surface area contributed by atoms with E-state index in [9.17, 15) is 22.4 Å². The van der Waals surface area contributed by atoms with Crippen molar-refractivity contribution in [3.8, 4) is 17.1 Å². The summed E-state index contributed by atoms with van der Waals surface area (Å²) in [5.74, 6) is -1.37. The molecule has 0 saturated heterocycles. The van der Waals surface area contributed by atoms with Crippen LogP contribution in [0.2, 0.25) is 0 Å². The fourth-order valence-electron chi connectivity index (χ4n) is 2.99. The first kappa shape index (κ1) is 19.5. The van der Waals surface area contributed by atoms with Crippen LogP contribution in [-0.2, 0) is 10.9 Å². The molecular formula is C20H12F4N4O2. The maximum atomic E-state index is 14.0. The van der Waals surface area contributed by atoms with E-state index in [0.717, 1.165) is 17.9 Å². The second-order valence-corrected chi connectivity index (χ2v) is 6.23. The van der Waals surface area contributed by atoms with Gasteiger partial charge in [-0.25, -0.2) is 19.2 Å². The van der Waals surface area contributed by atoms with Gasteiger partial charge in [0.25, 0.3) is 5.95 Å². The molecule has 4 aromatic rings. The first-order valence-corrected chi connectivity index (χ1v) is 8.55. The van der Waals surface area contributed by atoms with Gasteiger partial charge in [-0.2, -0.15) is 23.0 Å². The quantitative estimate of drug-likeness (QED) is 0.365. The minimum Gasteiger partial charge on any atom is -0.465 e. The summed E-state index contributed by atoms with van der Waals surface area (Å²) in [6.07, 6.45) is -2.17. The zero-order chi connectivity index (χ0) is 21.5. The van der Waals surface area contributed by atoms with Crippen molar-refractivity contribution in [3.05, 3.63) is 71.9 Å². The van der Waals surface area contributed by atoms with Crippen LogP contribution in [0.1, 0.15) is 16.1 Å². The Morgan fingerprint density at radius 1 is 1.07 bits per heavy atom. The first-order chi connectivity index (χ1) is 14.3. The van der Waals surface area contributed by atoms with E-state index >= 15 is 0 Å².